The van der Waals surface area contributed by atoms with E-state index >= 15 is 0 Å². The number of carbonyl (C=O) groups is 2. The molecular weight excluding hydrogens is 372 g/mol. The number of hydrogen-bond donors (Lipinski definition) is 1. The molecule has 0 spiro atoms. The van der Waals surface area contributed by atoms with Gasteiger partial charge in [0.2, 0.25) is 0 Å². The van der Waals surface area contributed by atoms with Crippen LogP contribution < -0.4 is 4.90 Å². The van der Waals surface area contributed by atoms with Crippen molar-refractivity contribution in [3.63, 3.8) is 0 Å². The second-order valence-electron chi connectivity index (χ2n) is 5.92. The van der Waals surface area contributed by atoms with E-state index < -0.39 is 29.1 Å². The SMILES string of the molecule is Cc1ccc(C(=O)N(C)c2cc(-c3ccccc3)sc2C(=O)O)c(F)c1F. The van der Waals surface area contributed by atoms with Gasteiger partial charge in [0.1, 0.15) is 4.88 Å². The Labute approximate surface area is 158 Å². The average molecular weight is 387 g/mol. The van der Waals surface area contributed by atoms with Crippen LogP contribution in [-0.4, -0.2) is 24.0 Å². The summed E-state index contributed by atoms with van der Waals surface area (Å²) in [7, 11) is 1.34. The lowest BCUT2D eigenvalue weighted by Crippen LogP contribution is -2.28. The summed E-state index contributed by atoms with van der Waals surface area (Å²) in [4.78, 5) is 25.9. The van der Waals surface area contributed by atoms with Crippen LogP contribution in [-0.2, 0) is 0 Å². The summed E-state index contributed by atoms with van der Waals surface area (Å²) >= 11 is 1.01. The zero-order valence-electron chi connectivity index (χ0n) is 14.5. The topological polar surface area (TPSA) is 57.6 Å². The van der Waals surface area contributed by atoms with Crippen LogP contribution in [0.25, 0.3) is 10.4 Å². The Hall–Kier alpha value is -3.06. The fourth-order valence-corrected chi connectivity index (χ4v) is 3.66. The van der Waals surface area contributed by atoms with Crippen LogP contribution >= 0.6 is 11.3 Å². The first kappa shape index (κ1) is 18.7. The Bertz CT molecular complexity index is 1030. The van der Waals surface area contributed by atoms with Crippen LogP contribution in [0.15, 0.2) is 48.5 Å². The van der Waals surface area contributed by atoms with E-state index in [0.29, 0.717) is 4.88 Å². The number of thiophene rings is 1. The lowest BCUT2D eigenvalue weighted by molar-refractivity contribution is 0.0703. The maximum absolute atomic E-state index is 14.2. The number of carbonyl (C=O) groups excluding carboxylic acids is 1. The smallest absolute Gasteiger partial charge is 0.348 e. The van der Waals surface area contributed by atoms with Crippen LogP contribution in [0.3, 0.4) is 0 Å². The van der Waals surface area contributed by atoms with Gasteiger partial charge in [0.25, 0.3) is 5.91 Å². The van der Waals surface area contributed by atoms with Crippen molar-refractivity contribution in [2.45, 2.75) is 6.92 Å². The number of halogens is 2. The molecule has 0 aliphatic heterocycles. The number of rotatable bonds is 4. The van der Waals surface area contributed by atoms with Gasteiger partial charge in [-0.25, -0.2) is 13.6 Å². The van der Waals surface area contributed by atoms with E-state index in [1.54, 1.807) is 6.07 Å². The van der Waals surface area contributed by atoms with Gasteiger partial charge in [-0.05, 0) is 30.2 Å². The number of amides is 1. The van der Waals surface area contributed by atoms with E-state index in [9.17, 15) is 23.5 Å². The summed E-state index contributed by atoms with van der Waals surface area (Å²) in [6.45, 7) is 1.39. The Kier molecular flexibility index (Phi) is 5.05. The van der Waals surface area contributed by atoms with Crippen molar-refractivity contribution in [3.05, 3.63) is 76.2 Å². The first-order valence-electron chi connectivity index (χ1n) is 7.96. The Morgan fingerprint density at radius 1 is 1.04 bits per heavy atom. The molecule has 0 fully saturated rings. The molecule has 0 aliphatic rings. The largest absolute Gasteiger partial charge is 0.477 e. The highest BCUT2D eigenvalue weighted by molar-refractivity contribution is 7.18. The molecule has 7 heteroatoms. The monoisotopic (exact) mass is 387 g/mol. The molecule has 1 heterocycles. The van der Waals surface area contributed by atoms with Crippen molar-refractivity contribution in [1.29, 1.82) is 0 Å². The van der Waals surface area contributed by atoms with E-state index in [0.717, 1.165) is 21.8 Å². The lowest BCUT2D eigenvalue weighted by Gasteiger charge is -2.17. The molecule has 1 aromatic heterocycles. The number of nitrogens with zero attached hydrogens (tertiary/aromatic N) is 1. The van der Waals surface area contributed by atoms with Gasteiger partial charge < -0.3 is 10.0 Å². The van der Waals surface area contributed by atoms with E-state index in [-0.39, 0.29) is 16.1 Å². The highest BCUT2D eigenvalue weighted by Crippen LogP contribution is 2.37. The third-order valence-corrected chi connectivity index (χ3v) is 5.30. The first-order valence-corrected chi connectivity index (χ1v) is 8.78. The molecule has 0 saturated carbocycles. The number of carboxylic acid groups (broad SMARTS) is 1. The fourth-order valence-electron chi connectivity index (χ4n) is 2.63. The molecule has 138 valence electrons. The lowest BCUT2D eigenvalue weighted by atomic mass is 10.1. The average Bonchev–Trinajstić information content (AvgIpc) is 3.11. The Balaban J connectivity index is 2.05. The molecule has 0 saturated heterocycles. The molecule has 0 bridgehead atoms. The van der Waals surface area contributed by atoms with Crippen molar-refractivity contribution in [2.24, 2.45) is 0 Å². The molecular formula is C20H15F2NO3S. The summed E-state index contributed by atoms with van der Waals surface area (Å²) in [6.07, 6.45) is 0. The summed E-state index contributed by atoms with van der Waals surface area (Å²) in [5.41, 5.74) is 0.547. The standard InChI is InChI=1S/C20H15F2NO3S/c1-11-8-9-13(17(22)16(11)21)19(24)23(2)14-10-15(27-18(14)20(25)26)12-6-4-3-5-7-12/h3-10H,1-2H3,(H,25,26). The molecule has 4 nitrogen and oxygen atoms in total. The van der Waals surface area contributed by atoms with Crippen molar-refractivity contribution in [1.82, 2.24) is 0 Å². The minimum absolute atomic E-state index is 0.0577. The molecule has 0 aliphatic carbocycles. The molecule has 3 rings (SSSR count). The second kappa shape index (κ2) is 7.28. The van der Waals surface area contributed by atoms with Gasteiger partial charge in [-0.15, -0.1) is 11.3 Å². The van der Waals surface area contributed by atoms with Gasteiger partial charge in [-0.2, -0.15) is 0 Å². The second-order valence-corrected chi connectivity index (χ2v) is 6.97. The van der Waals surface area contributed by atoms with Crippen molar-refractivity contribution >= 4 is 28.9 Å². The minimum atomic E-state index is -1.25. The zero-order valence-corrected chi connectivity index (χ0v) is 15.3. The van der Waals surface area contributed by atoms with Crippen molar-refractivity contribution in [3.8, 4) is 10.4 Å². The normalized spacial score (nSPS) is 10.7. The minimum Gasteiger partial charge on any atom is -0.477 e. The van der Waals surface area contributed by atoms with E-state index in [1.165, 1.54) is 26.1 Å². The molecule has 0 radical (unpaired) electrons. The maximum atomic E-state index is 14.2. The molecule has 1 amide bonds. The number of carboxylic acids is 1. The molecule has 0 atom stereocenters. The maximum Gasteiger partial charge on any atom is 0.348 e. The van der Waals surface area contributed by atoms with Crippen LogP contribution in [0.5, 0.6) is 0 Å². The van der Waals surface area contributed by atoms with Gasteiger partial charge in [-0.3, -0.25) is 4.79 Å². The predicted octanol–water partition coefficient (Wildman–Crippen LogP) is 4.98. The van der Waals surface area contributed by atoms with Gasteiger partial charge in [0.15, 0.2) is 11.6 Å². The number of aromatic carboxylic acids is 1. The van der Waals surface area contributed by atoms with Crippen LogP contribution in [0.1, 0.15) is 25.6 Å². The molecule has 0 unspecified atom stereocenters. The molecule has 2 aromatic carbocycles. The molecule has 1 N–H and O–H groups in total. The van der Waals surface area contributed by atoms with E-state index in [4.69, 9.17) is 0 Å². The van der Waals surface area contributed by atoms with Crippen LogP contribution in [0.4, 0.5) is 14.5 Å². The van der Waals surface area contributed by atoms with Gasteiger partial charge >= 0.3 is 5.97 Å². The molecule has 27 heavy (non-hydrogen) atoms. The first-order chi connectivity index (χ1) is 12.8. The van der Waals surface area contributed by atoms with Crippen LogP contribution in [0, 0.1) is 18.6 Å². The van der Waals surface area contributed by atoms with Gasteiger partial charge in [-0.1, -0.05) is 36.4 Å². The molecule has 3 aromatic rings. The van der Waals surface area contributed by atoms with E-state index in [1.807, 2.05) is 30.3 Å². The summed E-state index contributed by atoms with van der Waals surface area (Å²) < 4.78 is 28.0. The number of anilines is 1. The van der Waals surface area contributed by atoms with Gasteiger partial charge in [0, 0.05) is 11.9 Å². The van der Waals surface area contributed by atoms with Gasteiger partial charge in [0.05, 0.1) is 11.3 Å². The van der Waals surface area contributed by atoms with E-state index in [2.05, 4.69) is 0 Å². The Morgan fingerprint density at radius 3 is 2.33 bits per heavy atom. The number of benzene rings is 2. The summed E-state index contributed by atoms with van der Waals surface area (Å²) in [6, 6.07) is 13.2. The number of hydrogen-bond acceptors (Lipinski definition) is 3. The predicted molar refractivity (Wildman–Crippen MR) is 101 cm³/mol. The highest BCUT2D eigenvalue weighted by Gasteiger charge is 2.26. The van der Waals surface area contributed by atoms with Crippen LogP contribution in [0.2, 0.25) is 0 Å². The third kappa shape index (κ3) is 3.46. The summed E-state index contributed by atoms with van der Waals surface area (Å²) in [5, 5.41) is 9.50. The van der Waals surface area contributed by atoms with Crippen molar-refractivity contribution < 1.29 is 23.5 Å². The zero-order chi connectivity index (χ0) is 19.7. The highest BCUT2D eigenvalue weighted by atomic mass is 32.1. The fraction of sp³-hybridized carbons (Fsp3) is 0.100. The third-order valence-electron chi connectivity index (χ3n) is 4.14. The summed E-state index contributed by atoms with van der Waals surface area (Å²) in [5.74, 6) is -4.37. The van der Waals surface area contributed by atoms with Crippen molar-refractivity contribution in [2.75, 3.05) is 11.9 Å². The number of aryl methyl sites for hydroxylation is 1. The quantitative estimate of drug-likeness (QED) is 0.687. The Morgan fingerprint density at radius 2 is 1.70 bits per heavy atom.